The Morgan fingerprint density at radius 3 is 2.47 bits per heavy atom. The molecule has 0 radical (unpaired) electrons. The van der Waals surface area contributed by atoms with Crippen LogP contribution >= 0.6 is 0 Å². The standard InChI is InChI=1S/C16H24O3/c1-2-11-18-14-7-6-8-15(12-14)19-13-16(17)9-4-3-5-10-16/h6-8,12,17H,2-5,9-11,13H2,1H3. The molecule has 2 rings (SSSR count). The van der Waals surface area contributed by atoms with Crippen LogP contribution in [0.1, 0.15) is 45.4 Å². The first-order valence-corrected chi connectivity index (χ1v) is 7.30. The first kappa shape index (κ1) is 14.2. The van der Waals surface area contributed by atoms with E-state index in [1.54, 1.807) is 0 Å². The van der Waals surface area contributed by atoms with Crippen molar-refractivity contribution in [3.8, 4) is 11.5 Å². The quantitative estimate of drug-likeness (QED) is 0.854. The molecule has 1 fully saturated rings. The van der Waals surface area contributed by atoms with Crippen LogP contribution in [0.15, 0.2) is 24.3 Å². The van der Waals surface area contributed by atoms with Gasteiger partial charge >= 0.3 is 0 Å². The van der Waals surface area contributed by atoms with E-state index in [0.717, 1.165) is 43.6 Å². The zero-order valence-electron chi connectivity index (χ0n) is 11.7. The Balaban J connectivity index is 1.88. The zero-order valence-corrected chi connectivity index (χ0v) is 11.7. The van der Waals surface area contributed by atoms with Gasteiger partial charge < -0.3 is 14.6 Å². The smallest absolute Gasteiger partial charge is 0.123 e. The monoisotopic (exact) mass is 264 g/mol. The lowest BCUT2D eigenvalue weighted by Crippen LogP contribution is -2.37. The van der Waals surface area contributed by atoms with Crippen LogP contribution in [-0.2, 0) is 0 Å². The van der Waals surface area contributed by atoms with Crippen LogP contribution in [0.5, 0.6) is 11.5 Å². The van der Waals surface area contributed by atoms with E-state index in [-0.39, 0.29) is 0 Å². The molecule has 0 unspecified atom stereocenters. The second-order valence-electron chi connectivity index (χ2n) is 5.40. The van der Waals surface area contributed by atoms with Gasteiger partial charge in [0.05, 0.1) is 12.2 Å². The summed E-state index contributed by atoms with van der Waals surface area (Å²) in [5.41, 5.74) is -0.640. The van der Waals surface area contributed by atoms with Crippen LogP contribution in [0.25, 0.3) is 0 Å². The summed E-state index contributed by atoms with van der Waals surface area (Å²) in [5, 5.41) is 10.4. The molecular formula is C16H24O3. The van der Waals surface area contributed by atoms with Crippen LogP contribution in [-0.4, -0.2) is 23.9 Å². The molecule has 0 spiro atoms. The van der Waals surface area contributed by atoms with E-state index < -0.39 is 5.60 Å². The molecule has 1 aromatic carbocycles. The van der Waals surface area contributed by atoms with Gasteiger partial charge in [0, 0.05) is 6.07 Å². The lowest BCUT2D eigenvalue weighted by molar-refractivity contribution is -0.0339. The molecule has 1 aliphatic carbocycles. The van der Waals surface area contributed by atoms with Gasteiger partial charge in [0.15, 0.2) is 0 Å². The predicted molar refractivity (Wildman–Crippen MR) is 75.8 cm³/mol. The lowest BCUT2D eigenvalue weighted by atomic mass is 9.85. The molecule has 1 N–H and O–H groups in total. The van der Waals surface area contributed by atoms with E-state index in [0.29, 0.717) is 13.2 Å². The first-order valence-electron chi connectivity index (χ1n) is 7.30. The van der Waals surface area contributed by atoms with E-state index in [9.17, 15) is 5.11 Å². The van der Waals surface area contributed by atoms with Gasteiger partial charge in [-0.3, -0.25) is 0 Å². The minimum atomic E-state index is -0.640. The number of hydrogen-bond donors (Lipinski definition) is 1. The van der Waals surface area contributed by atoms with Gasteiger partial charge in [-0.15, -0.1) is 0 Å². The highest BCUT2D eigenvalue weighted by atomic mass is 16.5. The zero-order chi connectivity index (χ0) is 13.6. The molecule has 0 atom stereocenters. The Labute approximate surface area is 115 Å². The fourth-order valence-electron chi connectivity index (χ4n) is 2.45. The molecule has 1 aromatic rings. The minimum Gasteiger partial charge on any atom is -0.493 e. The SMILES string of the molecule is CCCOc1cccc(OCC2(O)CCCCC2)c1. The molecule has 0 bridgehead atoms. The normalized spacial score (nSPS) is 18.0. The fourth-order valence-corrected chi connectivity index (χ4v) is 2.45. The van der Waals surface area contributed by atoms with Gasteiger partial charge in [0.1, 0.15) is 18.1 Å². The highest BCUT2D eigenvalue weighted by molar-refractivity contribution is 5.33. The van der Waals surface area contributed by atoms with Crippen molar-refractivity contribution >= 4 is 0 Å². The van der Waals surface area contributed by atoms with Crippen LogP contribution < -0.4 is 9.47 Å². The number of aliphatic hydroxyl groups is 1. The molecule has 0 aromatic heterocycles. The minimum absolute atomic E-state index is 0.379. The van der Waals surface area contributed by atoms with Crippen molar-refractivity contribution in [2.45, 2.75) is 51.0 Å². The van der Waals surface area contributed by atoms with E-state index >= 15 is 0 Å². The molecular weight excluding hydrogens is 240 g/mol. The summed E-state index contributed by atoms with van der Waals surface area (Å²) in [4.78, 5) is 0. The Morgan fingerprint density at radius 2 is 1.79 bits per heavy atom. The van der Waals surface area contributed by atoms with E-state index in [4.69, 9.17) is 9.47 Å². The maximum atomic E-state index is 10.4. The Morgan fingerprint density at radius 1 is 1.11 bits per heavy atom. The highest BCUT2D eigenvalue weighted by Crippen LogP contribution is 2.29. The van der Waals surface area contributed by atoms with Crippen LogP contribution in [0.3, 0.4) is 0 Å². The van der Waals surface area contributed by atoms with Gasteiger partial charge in [0.2, 0.25) is 0 Å². The third-order valence-corrected chi connectivity index (χ3v) is 3.57. The average molecular weight is 264 g/mol. The number of benzene rings is 1. The summed E-state index contributed by atoms with van der Waals surface area (Å²) in [6.07, 6.45) is 6.10. The molecule has 0 aliphatic heterocycles. The molecule has 1 aliphatic rings. The third kappa shape index (κ3) is 4.43. The number of hydrogen-bond acceptors (Lipinski definition) is 3. The van der Waals surface area contributed by atoms with Crippen molar-refractivity contribution in [2.24, 2.45) is 0 Å². The largest absolute Gasteiger partial charge is 0.493 e. The Bertz CT molecular complexity index is 383. The summed E-state index contributed by atoms with van der Waals surface area (Å²) in [5.74, 6) is 1.60. The van der Waals surface area contributed by atoms with E-state index in [2.05, 4.69) is 6.92 Å². The predicted octanol–water partition coefficient (Wildman–Crippen LogP) is 3.55. The molecule has 3 heteroatoms. The third-order valence-electron chi connectivity index (χ3n) is 3.57. The second-order valence-corrected chi connectivity index (χ2v) is 5.40. The molecule has 0 saturated heterocycles. The van der Waals surface area contributed by atoms with E-state index in [1.807, 2.05) is 24.3 Å². The van der Waals surface area contributed by atoms with Crippen LogP contribution in [0.4, 0.5) is 0 Å². The summed E-state index contributed by atoms with van der Waals surface area (Å²) >= 11 is 0. The van der Waals surface area contributed by atoms with Crippen LogP contribution in [0.2, 0.25) is 0 Å². The summed E-state index contributed by atoms with van der Waals surface area (Å²) in [6.45, 7) is 3.18. The fraction of sp³-hybridized carbons (Fsp3) is 0.625. The van der Waals surface area contributed by atoms with Gasteiger partial charge in [-0.1, -0.05) is 32.3 Å². The topological polar surface area (TPSA) is 38.7 Å². The van der Waals surface area contributed by atoms with Gasteiger partial charge in [0.25, 0.3) is 0 Å². The maximum Gasteiger partial charge on any atom is 0.123 e. The van der Waals surface area contributed by atoms with Gasteiger partial charge in [-0.05, 0) is 31.4 Å². The summed E-state index contributed by atoms with van der Waals surface area (Å²) in [7, 11) is 0. The Kier molecular flexibility index (Phi) is 5.08. The maximum absolute atomic E-state index is 10.4. The van der Waals surface area contributed by atoms with Crippen molar-refractivity contribution in [1.82, 2.24) is 0 Å². The first-order chi connectivity index (χ1) is 9.22. The van der Waals surface area contributed by atoms with Gasteiger partial charge in [-0.2, -0.15) is 0 Å². The summed E-state index contributed by atoms with van der Waals surface area (Å²) in [6, 6.07) is 7.65. The molecule has 0 heterocycles. The lowest BCUT2D eigenvalue weighted by Gasteiger charge is -2.31. The molecule has 3 nitrogen and oxygen atoms in total. The molecule has 19 heavy (non-hydrogen) atoms. The van der Waals surface area contributed by atoms with Crippen molar-refractivity contribution in [3.05, 3.63) is 24.3 Å². The highest BCUT2D eigenvalue weighted by Gasteiger charge is 2.29. The molecule has 0 amide bonds. The van der Waals surface area contributed by atoms with Crippen LogP contribution in [0, 0.1) is 0 Å². The van der Waals surface area contributed by atoms with Crippen molar-refractivity contribution < 1.29 is 14.6 Å². The number of rotatable bonds is 6. The number of ether oxygens (including phenoxy) is 2. The molecule has 106 valence electrons. The van der Waals surface area contributed by atoms with Gasteiger partial charge in [-0.25, -0.2) is 0 Å². The summed E-state index contributed by atoms with van der Waals surface area (Å²) < 4.78 is 11.3. The van der Waals surface area contributed by atoms with Crippen molar-refractivity contribution in [2.75, 3.05) is 13.2 Å². The average Bonchev–Trinajstić information content (AvgIpc) is 2.44. The van der Waals surface area contributed by atoms with Crippen molar-refractivity contribution in [1.29, 1.82) is 0 Å². The Hall–Kier alpha value is -1.22. The van der Waals surface area contributed by atoms with E-state index in [1.165, 1.54) is 6.42 Å². The van der Waals surface area contributed by atoms with Crippen molar-refractivity contribution in [3.63, 3.8) is 0 Å². The molecule has 1 saturated carbocycles. The second kappa shape index (κ2) is 6.80.